The summed E-state index contributed by atoms with van der Waals surface area (Å²) in [5.74, 6) is 1.96. The van der Waals surface area contributed by atoms with Crippen molar-refractivity contribution < 1.29 is 9.47 Å². The van der Waals surface area contributed by atoms with E-state index in [1.807, 2.05) is 23.6 Å². The first-order chi connectivity index (χ1) is 9.63. The van der Waals surface area contributed by atoms with Gasteiger partial charge in [-0.3, -0.25) is 0 Å². The summed E-state index contributed by atoms with van der Waals surface area (Å²) >= 11 is 1.59. The zero-order chi connectivity index (χ0) is 14.5. The fourth-order valence-corrected chi connectivity index (χ4v) is 2.54. The molecule has 1 aromatic carbocycles. The average molecular weight is 292 g/mol. The Morgan fingerprint density at radius 3 is 2.70 bits per heavy atom. The lowest BCUT2D eigenvalue weighted by Crippen LogP contribution is -2.05. The normalized spacial score (nSPS) is 10.8. The van der Waals surface area contributed by atoms with Gasteiger partial charge in [0.25, 0.3) is 0 Å². The number of nitrogens with two attached hydrogens (primary N) is 1. The molecule has 1 aromatic heterocycles. The van der Waals surface area contributed by atoms with Gasteiger partial charge in [0.05, 0.1) is 19.4 Å². The van der Waals surface area contributed by atoms with Crippen molar-refractivity contribution in [2.24, 2.45) is 11.7 Å². The Morgan fingerprint density at radius 2 is 2.10 bits per heavy atom. The largest absolute Gasteiger partial charge is 0.493 e. The first-order valence-electron chi connectivity index (χ1n) is 6.59. The van der Waals surface area contributed by atoms with Gasteiger partial charge in [-0.15, -0.1) is 11.3 Å². The van der Waals surface area contributed by atoms with Crippen LogP contribution in [0.4, 0.5) is 0 Å². The van der Waals surface area contributed by atoms with Gasteiger partial charge in [0.2, 0.25) is 0 Å². The van der Waals surface area contributed by atoms with Gasteiger partial charge in [-0.2, -0.15) is 0 Å². The first-order valence-corrected chi connectivity index (χ1v) is 7.47. The fourth-order valence-electron chi connectivity index (χ4n) is 1.71. The highest BCUT2D eigenvalue weighted by Gasteiger charge is 2.10. The molecule has 108 valence electrons. The summed E-state index contributed by atoms with van der Waals surface area (Å²) in [7, 11) is 1.65. The van der Waals surface area contributed by atoms with E-state index < -0.39 is 0 Å². The number of aromatic nitrogens is 1. The number of hydrogen-bond acceptors (Lipinski definition) is 5. The summed E-state index contributed by atoms with van der Waals surface area (Å²) in [6.45, 7) is 5.35. The number of nitrogens with zero attached hydrogens (tertiary/aromatic N) is 1. The maximum atomic E-state index is 5.81. The number of methoxy groups -OCH3 is 1. The van der Waals surface area contributed by atoms with E-state index in [0.29, 0.717) is 19.1 Å². The molecule has 20 heavy (non-hydrogen) atoms. The van der Waals surface area contributed by atoms with Crippen LogP contribution in [0, 0.1) is 5.92 Å². The lowest BCUT2D eigenvalue weighted by atomic mass is 10.2. The van der Waals surface area contributed by atoms with E-state index in [4.69, 9.17) is 15.2 Å². The predicted molar refractivity (Wildman–Crippen MR) is 82.3 cm³/mol. The third-order valence-corrected chi connectivity index (χ3v) is 3.68. The molecule has 0 fully saturated rings. The van der Waals surface area contributed by atoms with Crippen molar-refractivity contribution in [2.75, 3.05) is 13.7 Å². The summed E-state index contributed by atoms with van der Waals surface area (Å²) in [6.07, 6.45) is 0. The molecule has 2 N–H and O–H groups in total. The number of thiazole rings is 1. The van der Waals surface area contributed by atoms with Crippen molar-refractivity contribution in [3.05, 3.63) is 29.3 Å². The lowest BCUT2D eigenvalue weighted by Gasteiger charge is -2.13. The zero-order valence-electron chi connectivity index (χ0n) is 12.1. The Hall–Kier alpha value is -1.59. The second-order valence-electron chi connectivity index (χ2n) is 4.92. The molecule has 0 saturated carbocycles. The maximum Gasteiger partial charge on any atom is 0.161 e. The molecule has 1 heterocycles. The Kier molecular flexibility index (Phi) is 4.98. The van der Waals surface area contributed by atoms with Crippen molar-refractivity contribution in [2.45, 2.75) is 20.4 Å². The summed E-state index contributed by atoms with van der Waals surface area (Å²) in [5.41, 5.74) is 7.53. The molecule has 5 heteroatoms. The van der Waals surface area contributed by atoms with E-state index in [0.717, 1.165) is 27.8 Å². The zero-order valence-corrected chi connectivity index (χ0v) is 12.9. The van der Waals surface area contributed by atoms with Gasteiger partial charge in [-0.25, -0.2) is 4.98 Å². The monoisotopic (exact) mass is 292 g/mol. The maximum absolute atomic E-state index is 5.81. The average Bonchev–Trinajstić information content (AvgIpc) is 2.93. The molecule has 0 radical (unpaired) electrons. The second kappa shape index (κ2) is 6.72. The molecule has 0 aliphatic heterocycles. The van der Waals surface area contributed by atoms with Crippen LogP contribution in [0.1, 0.15) is 19.5 Å². The van der Waals surface area contributed by atoms with E-state index in [2.05, 4.69) is 18.8 Å². The molecule has 0 saturated heterocycles. The van der Waals surface area contributed by atoms with Crippen LogP contribution in [-0.4, -0.2) is 18.7 Å². The summed E-state index contributed by atoms with van der Waals surface area (Å²) in [6, 6.07) is 5.87. The van der Waals surface area contributed by atoms with E-state index in [-0.39, 0.29) is 0 Å². The predicted octanol–water partition coefficient (Wildman–Crippen LogP) is 3.31. The van der Waals surface area contributed by atoms with E-state index >= 15 is 0 Å². The quantitative estimate of drug-likeness (QED) is 0.887. The molecule has 4 nitrogen and oxygen atoms in total. The van der Waals surface area contributed by atoms with Gasteiger partial charge in [-0.05, 0) is 24.1 Å². The van der Waals surface area contributed by atoms with Gasteiger partial charge in [0, 0.05) is 17.5 Å². The van der Waals surface area contributed by atoms with Crippen LogP contribution in [0.5, 0.6) is 11.5 Å². The SMILES string of the molecule is COc1ccc(-c2nc(CN)cs2)cc1OCC(C)C. The standard InChI is InChI=1S/C15H20N2O2S/c1-10(2)8-19-14-6-11(4-5-13(14)18-3)15-17-12(7-16)9-20-15/h4-6,9-10H,7-8,16H2,1-3H3. The molecule has 0 amide bonds. The molecule has 2 rings (SSSR count). The van der Waals surface area contributed by atoms with Crippen molar-refractivity contribution in [1.29, 1.82) is 0 Å². The molecule has 0 unspecified atom stereocenters. The van der Waals surface area contributed by atoms with Crippen molar-refractivity contribution in [1.82, 2.24) is 4.98 Å². The van der Waals surface area contributed by atoms with Crippen LogP contribution >= 0.6 is 11.3 Å². The number of hydrogen-bond donors (Lipinski definition) is 1. The van der Waals surface area contributed by atoms with Gasteiger partial charge >= 0.3 is 0 Å². The molecule has 0 aliphatic carbocycles. The lowest BCUT2D eigenvalue weighted by molar-refractivity contribution is 0.257. The molecular formula is C15H20N2O2S. The molecule has 2 aromatic rings. The van der Waals surface area contributed by atoms with Gasteiger partial charge in [0.15, 0.2) is 11.5 Å². The minimum Gasteiger partial charge on any atom is -0.493 e. The number of ether oxygens (including phenoxy) is 2. The van der Waals surface area contributed by atoms with Gasteiger partial charge < -0.3 is 15.2 Å². The van der Waals surface area contributed by atoms with Crippen molar-refractivity contribution in [3.8, 4) is 22.1 Å². The Bertz CT molecular complexity index is 567. The molecule has 0 atom stereocenters. The van der Waals surface area contributed by atoms with Crippen LogP contribution in [0.3, 0.4) is 0 Å². The third kappa shape index (κ3) is 3.49. The van der Waals surface area contributed by atoms with Crippen LogP contribution in [0.25, 0.3) is 10.6 Å². The summed E-state index contributed by atoms with van der Waals surface area (Å²) < 4.78 is 11.1. The number of rotatable bonds is 6. The highest BCUT2D eigenvalue weighted by molar-refractivity contribution is 7.13. The number of benzene rings is 1. The van der Waals surface area contributed by atoms with Crippen LogP contribution in [0.15, 0.2) is 23.6 Å². The minimum absolute atomic E-state index is 0.462. The Balaban J connectivity index is 2.28. The van der Waals surface area contributed by atoms with Gasteiger partial charge in [0.1, 0.15) is 5.01 Å². The van der Waals surface area contributed by atoms with Crippen molar-refractivity contribution in [3.63, 3.8) is 0 Å². The highest BCUT2D eigenvalue weighted by Crippen LogP contribution is 2.34. The molecular weight excluding hydrogens is 272 g/mol. The molecule has 0 spiro atoms. The third-order valence-electron chi connectivity index (χ3n) is 2.74. The summed E-state index contributed by atoms with van der Waals surface area (Å²) in [4.78, 5) is 4.49. The smallest absolute Gasteiger partial charge is 0.161 e. The molecule has 0 aliphatic rings. The Morgan fingerprint density at radius 1 is 1.30 bits per heavy atom. The van der Waals surface area contributed by atoms with Crippen LogP contribution in [-0.2, 0) is 6.54 Å². The van der Waals surface area contributed by atoms with Gasteiger partial charge in [-0.1, -0.05) is 13.8 Å². The first kappa shape index (κ1) is 14.8. The van der Waals surface area contributed by atoms with Crippen LogP contribution in [0.2, 0.25) is 0 Å². The van der Waals surface area contributed by atoms with E-state index in [1.165, 1.54) is 0 Å². The highest BCUT2D eigenvalue weighted by atomic mass is 32.1. The second-order valence-corrected chi connectivity index (χ2v) is 5.78. The molecule has 0 bridgehead atoms. The minimum atomic E-state index is 0.462. The Labute approximate surface area is 123 Å². The summed E-state index contributed by atoms with van der Waals surface area (Å²) in [5, 5.41) is 2.93. The topological polar surface area (TPSA) is 57.4 Å². The van der Waals surface area contributed by atoms with E-state index in [1.54, 1.807) is 18.4 Å². The van der Waals surface area contributed by atoms with E-state index in [9.17, 15) is 0 Å². The van der Waals surface area contributed by atoms with Crippen molar-refractivity contribution >= 4 is 11.3 Å². The van der Waals surface area contributed by atoms with Crippen LogP contribution < -0.4 is 15.2 Å². The fraction of sp³-hybridized carbons (Fsp3) is 0.400.